The highest BCUT2D eigenvalue weighted by Gasteiger charge is 1.82. The van der Waals surface area contributed by atoms with Crippen molar-refractivity contribution < 1.29 is 0 Å². The van der Waals surface area contributed by atoms with Gasteiger partial charge in [-0.05, 0) is 0 Å². The lowest BCUT2D eigenvalue weighted by Crippen LogP contribution is -2.12. The van der Waals surface area contributed by atoms with Crippen LogP contribution < -0.4 is 11.5 Å². The monoisotopic (exact) mass is 112 g/mol. The van der Waals surface area contributed by atoms with Crippen LogP contribution >= 0.6 is 0 Å². The van der Waals surface area contributed by atoms with Crippen molar-refractivity contribution in [3.8, 4) is 0 Å². The molecule has 0 amide bonds. The van der Waals surface area contributed by atoms with Crippen LogP contribution in [0.1, 0.15) is 0 Å². The molecule has 0 aromatic heterocycles. The van der Waals surface area contributed by atoms with Gasteiger partial charge in [-0.15, -0.1) is 6.58 Å². The van der Waals surface area contributed by atoms with Crippen LogP contribution in [0.25, 0.3) is 0 Å². The Morgan fingerprint density at radius 1 is 1.62 bits per heavy atom. The molecular formula is C6H12N2. The maximum atomic E-state index is 5.40. The van der Waals surface area contributed by atoms with Gasteiger partial charge < -0.3 is 11.5 Å². The molecule has 0 aliphatic carbocycles. The van der Waals surface area contributed by atoms with E-state index in [1.165, 1.54) is 0 Å². The van der Waals surface area contributed by atoms with Crippen LogP contribution in [-0.2, 0) is 0 Å². The first-order valence-electron chi connectivity index (χ1n) is 2.56. The number of hydrogen-bond acceptors (Lipinski definition) is 2. The van der Waals surface area contributed by atoms with E-state index in [-0.39, 0.29) is 6.04 Å². The van der Waals surface area contributed by atoms with Crippen molar-refractivity contribution in [2.24, 2.45) is 11.5 Å². The lowest BCUT2D eigenvalue weighted by molar-refractivity contribution is 1.02. The van der Waals surface area contributed by atoms with E-state index in [2.05, 4.69) is 6.58 Å². The van der Waals surface area contributed by atoms with Gasteiger partial charge in [0, 0.05) is 12.6 Å². The molecule has 46 valence electrons. The predicted octanol–water partition coefficient (Wildman–Crippen LogP) is 0.0146. The molecule has 1 unspecified atom stereocenters. The van der Waals surface area contributed by atoms with E-state index in [4.69, 9.17) is 11.5 Å². The van der Waals surface area contributed by atoms with Gasteiger partial charge >= 0.3 is 0 Å². The molecule has 0 aliphatic heterocycles. The molecule has 0 radical (unpaired) electrons. The van der Waals surface area contributed by atoms with Gasteiger partial charge in [-0.3, -0.25) is 0 Å². The minimum Gasteiger partial charge on any atom is -0.327 e. The van der Waals surface area contributed by atoms with Crippen LogP contribution in [0.3, 0.4) is 0 Å². The average Bonchev–Trinajstić information content (AvgIpc) is 1.83. The van der Waals surface area contributed by atoms with Gasteiger partial charge in [-0.2, -0.15) is 0 Å². The molecule has 0 bridgehead atoms. The smallest absolute Gasteiger partial charge is 0.0408 e. The van der Waals surface area contributed by atoms with Gasteiger partial charge in [0.2, 0.25) is 0 Å². The Kier molecular flexibility index (Phi) is 4.21. The first-order valence-corrected chi connectivity index (χ1v) is 2.56. The summed E-state index contributed by atoms with van der Waals surface area (Å²) in [6.45, 7) is 4.04. The molecule has 0 rings (SSSR count). The fraction of sp³-hybridized carbons (Fsp3) is 0.333. The predicted molar refractivity (Wildman–Crippen MR) is 36.4 cm³/mol. The van der Waals surface area contributed by atoms with Crippen molar-refractivity contribution in [3.05, 3.63) is 24.8 Å². The zero-order chi connectivity index (χ0) is 6.41. The molecule has 0 fully saturated rings. The maximum absolute atomic E-state index is 5.40. The normalized spacial score (nSPS) is 14.2. The fourth-order valence-corrected chi connectivity index (χ4v) is 0.314. The largest absolute Gasteiger partial charge is 0.327 e. The second kappa shape index (κ2) is 4.56. The Balaban J connectivity index is 3.35. The third kappa shape index (κ3) is 3.59. The summed E-state index contributed by atoms with van der Waals surface area (Å²) in [5.41, 5.74) is 10.6. The van der Waals surface area contributed by atoms with Crippen LogP contribution in [-0.4, -0.2) is 12.6 Å². The SMILES string of the molecule is C=CC(N)C=CCN. The lowest BCUT2D eigenvalue weighted by Gasteiger charge is -1.93. The summed E-state index contributed by atoms with van der Waals surface area (Å²) in [5, 5.41) is 0. The summed E-state index contributed by atoms with van der Waals surface area (Å²) >= 11 is 0. The standard InChI is InChI=1S/C6H12N2/c1-2-6(8)4-3-5-7/h2-4,6H,1,5,7-8H2. The summed E-state index contributed by atoms with van der Waals surface area (Å²) in [7, 11) is 0. The molecule has 0 saturated heterocycles. The van der Waals surface area contributed by atoms with Crippen LogP contribution in [0, 0.1) is 0 Å². The Morgan fingerprint density at radius 2 is 2.25 bits per heavy atom. The van der Waals surface area contributed by atoms with Crippen LogP contribution in [0.5, 0.6) is 0 Å². The topological polar surface area (TPSA) is 52.0 Å². The number of rotatable bonds is 3. The number of hydrogen-bond donors (Lipinski definition) is 2. The van der Waals surface area contributed by atoms with Gasteiger partial charge in [0.1, 0.15) is 0 Å². The van der Waals surface area contributed by atoms with Crippen molar-refractivity contribution in [1.82, 2.24) is 0 Å². The first kappa shape index (κ1) is 7.40. The summed E-state index contributed by atoms with van der Waals surface area (Å²) in [4.78, 5) is 0. The molecule has 0 aromatic carbocycles. The van der Waals surface area contributed by atoms with E-state index in [9.17, 15) is 0 Å². The molecule has 8 heavy (non-hydrogen) atoms. The van der Waals surface area contributed by atoms with Gasteiger partial charge in [-0.1, -0.05) is 18.2 Å². The molecule has 0 spiro atoms. The minimum atomic E-state index is -0.0430. The van der Waals surface area contributed by atoms with Crippen molar-refractivity contribution in [1.29, 1.82) is 0 Å². The Morgan fingerprint density at radius 3 is 2.62 bits per heavy atom. The zero-order valence-electron chi connectivity index (χ0n) is 4.88. The third-order valence-corrected chi connectivity index (χ3v) is 0.767. The highest BCUT2D eigenvalue weighted by atomic mass is 14.6. The molecule has 2 heteroatoms. The van der Waals surface area contributed by atoms with Gasteiger partial charge in [0.05, 0.1) is 0 Å². The van der Waals surface area contributed by atoms with Crippen LogP contribution in [0.2, 0.25) is 0 Å². The lowest BCUT2D eigenvalue weighted by atomic mass is 10.3. The van der Waals surface area contributed by atoms with Gasteiger partial charge in [-0.25, -0.2) is 0 Å². The Hall–Kier alpha value is -0.600. The van der Waals surface area contributed by atoms with E-state index < -0.39 is 0 Å². The second-order valence-corrected chi connectivity index (χ2v) is 1.48. The van der Waals surface area contributed by atoms with Crippen molar-refractivity contribution in [2.45, 2.75) is 6.04 Å². The van der Waals surface area contributed by atoms with Crippen LogP contribution in [0.15, 0.2) is 24.8 Å². The Labute approximate surface area is 49.9 Å². The van der Waals surface area contributed by atoms with Gasteiger partial charge in [0.15, 0.2) is 0 Å². The van der Waals surface area contributed by atoms with E-state index >= 15 is 0 Å². The van der Waals surface area contributed by atoms with Gasteiger partial charge in [0.25, 0.3) is 0 Å². The summed E-state index contributed by atoms with van der Waals surface area (Å²) in [5.74, 6) is 0. The van der Waals surface area contributed by atoms with Crippen LogP contribution in [0.4, 0.5) is 0 Å². The average molecular weight is 112 g/mol. The Bertz CT molecular complexity index is 86.5. The van der Waals surface area contributed by atoms with E-state index in [0.29, 0.717) is 6.54 Å². The number of nitrogens with two attached hydrogens (primary N) is 2. The van der Waals surface area contributed by atoms with Crippen molar-refractivity contribution >= 4 is 0 Å². The third-order valence-electron chi connectivity index (χ3n) is 0.767. The molecular weight excluding hydrogens is 100 g/mol. The highest BCUT2D eigenvalue weighted by molar-refractivity contribution is 5.00. The maximum Gasteiger partial charge on any atom is 0.0408 e. The van der Waals surface area contributed by atoms with Crippen molar-refractivity contribution in [3.63, 3.8) is 0 Å². The minimum absolute atomic E-state index is 0.0430. The molecule has 0 heterocycles. The summed E-state index contributed by atoms with van der Waals surface area (Å²) < 4.78 is 0. The van der Waals surface area contributed by atoms with E-state index in [1.807, 2.05) is 12.2 Å². The second-order valence-electron chi connectivity index (χ2n) is 1.48. The summed E-state index contributed by atoms with van der Waals surface area (Å²) in [6, 6.07) is -0.0430. The zero-order valence-corrected chi connectivity index (χ0v) is 4.88. The van der Waals surface area contributed by atoms with Crippen molar-refractivity contribution in [2.75, 3.05) is 6.54 Å². The molecule has 0 aromatic rings. The fourth-order valence-electron chi connectivity index (χ4n) is 0.314. The quantitative estimate of drug-likeness (QED) is 0.505. The molecule has 2 nitrogen and oxygen atoms in total. The molecule has 0 saturated carbocycles. The molecule has 4 N–H and O–H groups in total. The van der Waals surface area contributed by atoms with E-state index in [1.54, 1.807) is 6.08 Å². The molecule has 0 aliphatic rings. The first-order chi connectivity index (χ1) is 3.81. The van der Waals surface area contributed by atoms with E-state index in [0.717, 1.165) is 0 Å². The highest BCUT2D eigenvalue weighted by Crippen LogP contribution is 1.79. The molecule has 1 atom stereocenters. The summed E-state index contributed by atoms with van der Waals surface area (Å²) in [6.07, 6.45) is 5.28.